The van der Waals surface area contributed by atoms with Gasteiger partial charge < -0.3 is 4.74 Å². The van der Waals surface area contributed by atoms with E-state index in [1.165, 1.54) is 29.5 Å². The van der Waals surface area contributed by atoms with Crippen LogP contribution in [0.5, 0.6) is 0 Å². The van der Waals surface area contributed by atoms with Crippen molar-refractivity contribution in [2.24, 2.45) is 0 Å². The zero-order valence-electron chi connectivity index (χ0n) is 13.3. The second-order valence-electron chi connectivity index (χ2n) is 5.21. The van der Waals surface area contributed by atoms with Crippen molar-refractivity contribution in [3.05, 3.63) is 70.9 Å². The minimum Gasteiger partial charge on any atom is -0.451 e. The van der Waals surface area contributed by atoms with Gasteiger partial charge in [-0.2, -0.15) is 0 Å². The van der Waals surface area contributed by atoms with Gasteiger partial charge in [0.25, 0.3) is 11.8 Å². The third-order valence-corrected chi connectivity index (χ3v) is 4.49. The fourth-order valence-corrected chi connectivity index (χ4v) is 3.12. The Balaban J connectivity index is 1.50. The van der Waals surface area contributed by atoms with Gasteiger partial charge in [-0.25, -0.2) is 9.18 Å². The lowest BCUT2D eigenvalue weighted by atomic mass is 10.2. The number of amides is 2. The van der Waals surface area contributed by atoms with Gasteiger partial charge in [-0.15, -0.1) is 11.3 Å². The lowest BCUT2D eigenvalue weighted by Gasteiger charge is -2.08. The molecular formula is C18H13FN2O4S. The second kappa shape index (κ2) is 7.75. The molecule has 8 heteroatoms. The molecule has 0 saturated carbocycles. The van der Waals surface area contributed by atoms with Crippen LogP contribution in [0.25, 0.3) is 10.1 Å². The van der Waals surface area contributed by atoms with Crippen molar-refractivity contribution >= 4 is 39.2 Å². The van der Waals surface area contributed by atoms with Crippen LogP contribution in [-0.4, -0.2) is 24.4 Å². The maximum Gasteiger partial charge on any atom is 0.348 e. The molecule has 3 rings (SSSR count). The molecule has 6 nitrogen and oxygen atoms in total. The van der Waals surface area contributed by atoms with Gasteiger partial charge >= 0.3 is 5.97 Å². The summed E-state index contributed by atoms with van der Waals surface area (Å²) in [5.41, 5.74) is 3.91. The van der Waals surface area contributed by atoms with E-state index in [4.69, 9.17) is 4.74 Å². The van der Waals surface area contributed by atoms with Crippen LogP contribution in [0.4, 0.5) is 4.39 Å². The number of carbonyl (C=O) groups excluding carboxylic acids is 3. The Labute approximate surface area is 151 Å². The highest BCUT2D eigenvalue weighted by Crippen LogP contribution is 2.25. The van der Waals surface area contributed by atoms with E-state index in [0.717, 1.165) is 16.2 Å². The van der Waals surface area contributed by atoms with E-state index in [-0.39, 0.29) is 5.56 Å². The summed E-state index contributed by atoms with van der Waals surface area (Å²) >= 11 is 1.26. The average molecular weight is 372 g/mol. The van der Waals surface area contributed by atoms with E-state index in [1.54, 1.807) is 6.07 Å². The number of fused-ring (bicyclic) bond motifs is 1. The fraction of sp³-hybridized carbons (Fsp3) is 0.0556. The van der Waals surface area contributed by atoms with Crippen LogP contribution < -0.4 is 10.9 Å². The molecule has 0 bridgehead atoms. The van der Waals surface area contributed by atoms with E-state index in [9.17, 15) is 18.8 Å². The lowest BCUT2D eigenvalue weighted by molar-refractivity contribution is -0.125. The molecule has 0 fully saturated rings. The smallest absolute Gasteiger partial charge is 0.348 e. The van der Waals surface area contributed by atoms with Crippen molar-refractivity contribution in [1.82, 2.24) is 10.9 Å². The maximum absolute atomic E-state index is 13.5. The maximum atomic E-state index is 13.5. The first-order valence-corrected chi connectivity index (χ1v) is 8.35. The van der Waals surface area contributed by atoms with Crippen molar-refractivity contribution in [1.29, 1.82) is 0 Å². The highest BCUT2D eigenvalue weighted by Gasteiger charge is 2.15. The zero-order valence-corrected chi connectivity index (χ0v) is 14.1. The third-order valence-electron chi connectivity index (χ3n) is 3.39. The van der Waals surface area contributed by atoms with Gasteiger partial charge in [0, 0.05) is 4.70 Å². The van der Waals surface area contributed by atoms with E-state index in [2.05, 4.69) is 10.9 Å². The van der Waals surface area contributed by atoms with Gasteiger partial charge in [-0.05, 0) is 29.7 Å². The predicted molar refractivity (Wildman–Crippen MR) is 94.1 cm³/mol. The van der Waals surface area contributed by atoms with Crippen molar-refractivity contribution in [2.45, 2.75) is 0 Å². The SMILES string of the molecule is O=C(COC(=O)c1cc2ccccc2s1)NNC(=O)c1ccccc1F. The molecule has 1 heterocycles. The molecule has 26 heavy (non-hydrogen) atoms. The zero-order chi connectivity index (χ0) is 18.5. The first-order valence-electron chi connectivity index (χ1n) is 7.54. The van der Waals surface area contributed by atoms with Crippen LogP contribution in [0.1, 0.15) is 20.0 Å². The number of benzene rings is 2. The summed E-state index contributed by atoms with van der Waals surface area (Å²) in [5.74, 6) is -2.91. The number of rotatable bonds is 4. The standard InChI is InChI=1S/C18H13FN2O4S/c19-13-7-3-2-6-12(13)17(23)21-20-16(22)10-25-18(24)15-9-11-5-1-4-8-14(11)26-15/h1-9H,10H2,(H,20,22)(H,21,23). The number of thiophene rings is 1. The van der Waals surface area contributed by atoms with E-state index in [0.29, 0.717) is 4.88 Å². The molecule has 2 aromatic carbocycles. The first-order chi connectivity index (χ1) is 12.5. The summed E-state index contributed by atoms with van der Waals surface area (Å²) in [6.45, 7) is -0.579. The van der Waals surface area contributed by atoms with Crippen molar-refractivity contribution in [2.75, 3.05) is 6.61 Å². The molecule has 0 spiro atoms. The van der Waals surface area contributed by atoms with Gasteiger partial charge in [0.05, 0.1) is 5.56 Å². The average Bonchev–Trinajstić information content (AvgIpc) is 3.09. The van der Waals surface area contributed by atoms with E-state index >= 15 is 0 Å². The molecule has 2 N–H and O–H groups in total. The first kappa shape index (κ1) is 17.6. The summed E-state index contributed by atoms with van der Waals surface area (Å²) in [6, 6.07) is 14.5. The Bertz CT molecular complexity index is 953. The topological polar surface area (TPSA) is 84.5 Å². The van der Waals surface area contributed by atoms with Crippen LogP contribution in [0, 0.1) is 5.82 Å². The molecule has 0 radical (unpaired) electrons. The van der Waals surface area contributed by atoms with Crippen LogP contribution in [0.15, 0.2) is 54.6 Å². The van der Waals surface area contributed by atoms with Crippen molar-refractivity contribution in [3.63, 3.8) is 0 Å². The molecule has 3 aromatic rings. The number of hydrogen-bond acceptors (Lipinski definition) is 5. The van der Waals surface area contributed by atoms with Crippen LogP contribution in [-0.2, 0) is 9.53 Å². The van der Waals surface area contributed by atoms with Crippen molar-refractivity contribution in [3.8, 4) is 0 Å². The Morgan fingerprint density at radius 3 is 2.50 bits per heavy atom. The van der Waals surface area contributed by atoms with Crippen LogP contribution >= 0.6 is 11.3 Å². The second-order valence-corrected chi connectivity index (χ2v) is 6.29. The van der Waals surface area contributed by atoms with E-state index in [1.807, 2.05) is 24.3 Å². The van der Waals surface area contributed by atoms with Crippen LogP contribution in [0.2, 0.25) is 0 Å². The number of nitrogens with one attached hydrogen (secondary N) is 2. The van der Waals surface area contributed by atoms with Gasteiger partial charge in [0.15, 0.2) is 6.61 Å². The largest absolute Gasteiger partial charge is 0.451 e. The quantitative estimate of drug-likeness (QED) is 0.545. The molecule has 2 amide bonds. The summed E-state index contributed by atoms with van der Waals surface area (Å²) in [5, 5.41) is 0.908. The van der Waals surface area contributed by atoms with Crippen LogP contribution in [0.3, 0.4) is 0 Å². The molecule has 0 aliphatic heterocycles. The predicted octanol–water partition coefficient (Wildman–Crippen LogP) is 2.66. The monoisotopic (exact) mass is 372 g/mol. The Morgan fingerprint density at radius 1 is 1.00 bits per heavy atom. The van der Waals surface area contributed by atoms with Gasteiger partial charge in [-0.1, -0.05) is 30.3 Å². The summed E-state index contributed by atoms with van der Waals surface area (Å²) in [6.07, 6.45) is 0. The molecule has 1 aromatic heterocycles. The molecule has 0 aliphatic carbocycles. The summed E-state index contributed by atoms with van der Waals surface area (Å²) < 4.78 is 19.3. The minimum absolute atomic E-state index is 0.213. The normalized spacial score (nSPS) is 10.3. The van der Waals surface area contributed by atoms with Crippen molar-refractivity contribution < 1.29 is 23.5 Å². The minimum atomic E-state index is -0.813. The number of esters is 1. The fourth-order valence-electron chi connectivity index (χ4n) is 2.16. The summed E-state index contributed by atoms with van der Waals surface area (Å²) in [4.78, 5) is 35.8. The molecule has 0 saturated heterocycles. The molecule has 0 unspecified atom stereocenters. The molecule has 0 aliphatic rings. The number of ether oxygens (including phenoxy) is 1. The Morgan fingerprint density at radius 2 is 1.73 bits per heavy atom. The highest BCUT2D eigenvalue weighted by molar-refractivity contribution is 7.20. The lowest BCUT2D eigenvalue weighted by Crippen LogP contribution is -2.43. The number of hydrazine groups is 1. The molecule has 132 valence electrons. The molecule has 0 atom stereocenters. The Kier molecular flexibility index (Phi) is 5.23. The Hall–Kier alpha value is -3.26. The van der Waals surface area contributed by atoms with Gasteiger partial charge in [0.2, 0.25) is 0 Å². The number of hydrogen-bond donors (Lipinski definition) is 2. The summed E-state index contributed by atoms with van der Waals surface area (Å²) in [7, 11) is 0. The number of carbonyl (C=O) groups is 3. The number of halogens is 1. The van der Waals surface area contributed by atoms with Gasteiger partial charge in [-0.3, -0.25) is 20.4 Å². The molecular weight excluding hydrogens is 359 g/mol. The highest BCUT2D eigenvalue weighted by atomic mass is 32.1. The van der Waals surface area contributed by atoms with E-state index < -0.39 is 30.2 Å². The van der Waals surface area contributed by atoms with Gasteiger partial charge in [0.1, 0.15) is 10.7 Å². The third kappa shape index (κ3) is 4.04.